The number of hydrogen-bond donors (Lipinski definition) is 2. The van der Waals surface area contributed by atoms with Crippen LogP contribution in [-0.2, 0) is 6.54 Å². The summed E-state index contributed by atoms with van der Waals surface area (Å²) >= 11 is 1.39. The minimum atomic E-state index is 0.451. The molecule has 0 unspecified atom stereocenters. The van der Waals surface area contributed by atoms with E-state index in [0.29, 0.717) is 36.6 Å². The first-order valence-corrected chi connectivity index (χ1v) is 10.0. The Morgan fingerprint density at radius 3 is 2.86 bits per heavy atom. The molecule has 4 heterocycles. The molecule has 4 aromatic rings. The third-order valence-corrected chi connectivity index (χ3v) is 5.67. The number of nitrogens with two attached hydrogens (primary N) is 2. The van der Waals surface area contributed by atoms with Crippen LogP contribution in [0.4, 0.5) is 16.9 Å². The molecule has 29 heavy (non-hydrogen) atoms. The first-order valence-electron chi connectivity index (χ1n) is 9.19. The molecule has 5 rings (SSSR count). The fourth-order valence-corrected chi connectivity index (χ4v) is 4.22. The van der Waals surface area contributed by atoms with Crippen molar-refractivity contribution in [3.05, 3.63) is 47.8 Å². The molecule has 9 heteroatoms. The van der Waals surface area contributed by atoms with Crippen molar-refractivity contribution in [3.63, 3.8) is 0 Å². The van der Waals surface area contributed by atoms with Gasteiger partial charge in [-0.2, -0.15) is 4.98 Å². The summed E-state index contributed by atoms with van der Waals surface area (Å²) < 4.78 is 6.05. The lowest BCUT2D eigenvalue weighted by atomic mass is 10.00. The Bertz CT molecular complexity index is 1220. The summed E-state index contributed by atoms with van der Waals surface area (Å²) in [7, 11) is 0. The van der Waals surface area contributed by atoms with Crippen LogP contribution in [0, 0.1) is 6.92 Å². The average Bonchev–Trinajstić information content (AvgIpc) is 2.93. The van der Waals surface area contributed by atoms with Crippen LogP contribution in [-0.4, -0.2) is 33.1 Å². The van der Waals surface area contributed by atoms with Gasteiger partial charge < -0.3 is 21.1 Å². The number of nitrogens with zero attached hydrogens (tertiary/aromatic N) is 5. The molecule has 8 nitrogen and oxygen atoms in total. The lowest BCUT2D eigenvalue weighted by Gasteiger charge is -2.20. The molecule has 0 fully saturated rings. The van der Waals surface area contributed by atoms with Crippen molar-refractivity contribution in [1.29, 1.82) is 0 Å². The Labute approximate surface area is 171 Å². The quantitative estimate of drug-likeness (QED) is 0.523. The number of rotatable bonds is 2. The van der Waals surface area contributed by atoms with Gasteiger partial charge in [0, 0.05) is 30.1 Å². The van der Waals surface area contributed by atoms with Crippen LogP contribution in [0.2, 0.25) is 0 Å². The summed E-state index contributed by atoms with van der Waals surface area (Å²) in [6.07, 6.45) is 3.53. The SMILES string of the molecule is Cc1cc(-c2cnc3sc(N)nc3c2)cc2c1OCCN(c1nccc(N)n1)C2. The molecule has 0 radical (unpaired) electrons. The van der Waals surface area contributed by atoms with Crippen molar-refractivity contribution in [2.75, 3.05) is 29.5 Å². The predicted octanol–water partition coefficient (Wildman–Crippen LogP) is 3.02. The maximum atomic E-state index is 6.05. The molecular weight excluding hydrogens is 386 g/mol. The zero-order valence-corrected chi connectivity index (χ0v) is 16.6. The van der Waals surface area contributed by atoms with E-state index in [0.717, 1.165) is 38.4 Å². The molecule has 1 aromatic carbocycles. The second kappa shape index (κ2) is 6.85. The molecule has 0 saturated heterocycles. The molecule has 0 amide bonds. The molecule has 1 aliphatic heterocycles. The van der Waals surface area contributed by atoms with Crippen LogP contribution in [0.15, 0.2) is 36.7 Å². The summed E-state index contributed by atoms with van der Waals surface area (Å²) in [6, 6.07) is 7.95. The van der Waals surface area contributed by atoms with Gasteiger partial charge in [0.05, 0.1) is 6.54 Å². The Balaban J connectivity index is 1.55. The smallest absolute Gasteiger partial charge is 0.227 e. The van der Waals surface area contributed by atoms with Crippen LogP contribution in [0.3, 0.4) is 0 Å². The Morgan fingerprint density at radius 2 is 2.00 bits per heavy atom. The first kappa shape index (κ1) is 17.6. The van der Waals surface area contributed by atoms with Gasteiger partial charge in [0.15, 0.2) is 5.13 Å². The number of aromatic nitrogens is 4. The van der Waals surface area contributed by atoms with Crippen molar-refractivity contribution in [3.8, 4) is 16.9 Å². The third kappa shape index (κ3) is 3.29. The van der Waals surface area contributed by atoms with Crippen LogP contribution in [0.1, 0.15) is 11.1 Å². The third-order valence-electron chi connectivity index (χ3n) is 4.87. The Kier molecular flexibility index (Phi) is 4.17. The van der Waals surface area contributed by atoms with Crippen molar-refractivity contribution >= 4 is 38.6 Å². The van der Waals surface area contributed by atoms with Crippen LogP contribution >= 0.6 is 11.3 Å². The topological polar surface area (TPSA) is 116 Å². The molecular formula is C20H19N7OS. The second-order valence-corrected chi connectivity index (χ2v) is 7.94. The van der Waals surface area contributed by atoms with Crippen molar-refractivity contribution in [2.45, 2.75) is 13.5 Å². The monoisotopic (exact) mass is 405 g/mol. The van der Waals surface area contributed by atoms with E-state index in [2.05, 4.69) is 43.9 Å². The predicted molar refractivity (Wildman–Crippen MR) is 115 cm³/mol. The zero-order valence-electron chi connectivity index (χ0n) is 15.8. The summed E-state index contributed by atoms with van der Waals surface area (Å²) in [6.45, 7) is 3.92. The normalized spacial score (nSPS) is 13.8. The van der Waals surface area contributed by atoms with E-state index < -0.39 is 0 Å². The number of ether oxygens (including phenoxy) is 1. The number of fused-ring (bicyclic) bond motifs is 2. The fraction of sp³-hybridized carbons (Fsp3) is 0.200. The first-order chi connectivity index (χ1) is 14.1. The number of aryl methyl sites for hydroxylation is 1. The largest absolute Gasteiger partial charge is 0.491 e. The van der Waals surface area contributed by atoms with E-state index in [9.17, 15) is 0 Å². The molecule has 4 N–H and O–H groups in total. The molecule has 1 aliphatic rings. The van der Waals surface area contributed by atoms with E-state index in [1.165, 1.54) is 11.3 Å². The number of pyridine rings is 1. The van der Waals surface area contributed by atoms with E-state index in [-0.39, 0.29) is 0 Å². The van der Waals surface area contributed by atoms with E-state index in [1.54, 1.807) is 12.3 Å². The number of thiazole rings is 1. The standard InChI is InChI=1S/C20H19N7OS/c1-11-6-12(13-8-15-18(24-9-13)29-19(22)25-15)7-14-10-27(4-5-28-17(11)14)20-23-3-2-16(21)26-20/h2-3,6-9H,4-5,10H2,1H3,(H2,22,25)(H2,21,23,26). The van der Waals surface area contributed by atoms with Gasteiger partial charge in [0.25, 0.3) is 0 Å². The van der Waals surface area contributed by atoms with E-state index in [1.807, 2.05) is 12.3 Å². The fourth-order valence-electron chi connectivity index (χ4n) is 3.56. The van der Waals surface area contributed by atoms with Gasteiger partial charge in [-0.1, -0.05) is 11.3 Å². The van der Waals surface area contributed by atoms with Gasteiger partial charge >= 0.3 is 0 Å². The minimum absolute atomic E-state index is 0.451. The number of hydrogen-bond acceptors (Lipinski definition) is 9. The van der Waals surface area contributed by atoms with Crippen molar-refractivity contribution in [1.82, 2.24) is 19.9 Å². The number of benzene rings is 1. The molecule has 0 atom stereocenters. The van der Waals surface area contributed by atoms with Gasteiger partial charge in [0.1, 0.15) is 28.5 Å². The van der Waals surface area contributed by atoms with E-state index in [4.69, 9.17) is 16.2 Å². The van der Waals surface area contributed by atoms with Crippen LogP contribution in [0.25, 0.3) is 21.5 Å². The lowest BCUT2D eigenvalue weighted by molar-refractivity contribution is 0.329. The Morgan fingerprint density at radius 1 is 1.10 bits per heavy atom. The summed E-state index contributed by atoms with van der Waals surface area (Å²) in [5.41, 5.74) is 16.7. The van der Waals surface area contributed by atoms with Gasteiger partial charge in [-0.3, -0.25) is 0 Å². The average molecular weight is 405 g/mol. The van der Waals surface area contributed by atoms with Gasteiger partial charge in [-0.15, -0.1) is 0 Å². The summed E-state index contributed by atoms with van der Waals surface area (Å²) in [5, 5.41) is 0.522. The van der Waals surface area contributed by atoms with Gasteiger partial charge in [-0.25, -0.2) is 15.0 Å². The van der Waals surface area contributed by atoms with E-state index >= 15 is 0 Å². The molecule has 0 saturated carbocycles. The number of nitrogen functional groups attached to an aromatic ring is 2. The Hall–Kier alpha value is -3.46. The molecule has 3 aromatic heterocycles. The highest BCUT2D eigenvalue weighted by atomic mass is 32.1. The van der Waals surface area contributed by atoms with Crippen LogP contribution < -0.4 is 21.1 Å². The molecule has 146 valence electrons. The minimum Gasteiger partial charge on any atom is -0.491 e. The highest BCUT2D eigenvalue weighted by Crippen LogP contribution is 2.34. The number of anilines is 3. The molecule has 0 bridgehead atoms. The lowest BCUT2D eigenvalue weighted by Crippen LogP contribution is -2.27. The van der Waals surface area contributed by atoms with Crippen molar-refractivity contribution in [2.24, 2.45) is 0 Å². The van der Waals surface area contributed by atoms with Gasteiger partial charge in [-0.05, 0) is 42.3 Å². The maximum absolute atomic E-state index is 6.05. The zero-order chi connectivity index (χ0) is 20.0. The highest BCUT2D eigenvalue weighted by molar-refractivity contribution is 7.21. The molecule has 0 aliphatic carbocycles. The summed E-state index contributed by atoms with van der Waals surface area (Å²) in [4.78, 5) is 20.5. The van der Waals surface area contributed by atoms with Crippen molar-refractivity contribution < 1.29 is 4.74 Å². The van der Waals surface area contributed by atoms with Crippen LogP contribution in [0.5, 0.6) is 5.75 Å². The summed E-state index contributed by atoms with van der Waals surface area (Å²) in [5.74, 6) is 1.96. The molecule has 0 spiro atoms. The van der Waals surface area contributed by atoms with Gasteiger partial charge in [0.2, 0.25) is 5.95 Å². The highest BCUT2D eigenvalue weighted by Gasteiger charge is 2.20. The maximum Gasteiger partial charge on any atom is 0.227 e. The second-order valence-electron chi connectivity index (χ2n) is 6.93.